The van der Waals surface area contributed by atoms with Crippen molar-refractivity contribution in [3.05, 3.63) is 28.8 Å². The standard InChI is InChI=1S/C17H25N.CH4/c1-11-8-12-9-15(17(5,6)7)18-14(12)10-13(11)16(2,3)4;/h8,10H,9H2,1-7H3;1H4. The van der Waals surface area contributed by atoms with Crippen molar-refractivity contribution >= 4 is 11.4 Å². The molecule has 0 radical (unpaired) electrons. The lowest BCUT2D eigenvalue weighted by atomic mass is 9.82. The highest BCUT2D eigenvalue weighted by molar-refractivity contribution is 5.97. The molecular weight excluding hydrogens is 230 g/mol. The van der Waals surface area contributed by atoms with E-state index < -0.39 is 0 Å². The fraction of sp³-hybridized carbons (Fsp3) is 0.611. The first-order valence-corrected chi connectivity index (χ1v) is 6.81. The fourth-order valence-electron chi connectivity index (χ4n) is 2.61. The molecule has 0 atom stereocenters. The normalized spacial score (nSPS) is 14.8. The van der Waals surface area contributed by atoms with Gasteiger partial charge in [0.25, 0.3) is 0 Å². The Bertz CT molecular complexity index is 508. The Morgan fingerprint density at radius 2 is 1.53 bits per heavy atom. The fourth-order valence-corrected chi connectivity index (χ4v) is 2.61. The number of aryl methyl sites for hydroxylation is 1. The second-order valence-corrected chi connectivity index (χ2v) is 7.53. The van der Waals surface area contributed by atoms with Gasteiger partial charge in [0, 0.05) is 17.5 Å². The van der Waals surface area contributed by atoms with Gasteiger partial charge in [0.1, 0.15) is 0 Å². The summed E-state index contributed by atoms with van der Waals surface area (Å²) in [5.41, 5.74) is 7.07. The van der Waals surface area contributed by atoms with Crippen molar-refractivity contribution < 1.29 is 0 Å². The summed E-state index contributed by atoms with van der Waals surface area (Å²) >= 11 is 0. The van der Waals surface area contributed by atoms with Crippen LogP contribution in [0, 0.1) is 12.3 Å². The molecule has 1 aliphatic heterocycles. The lowest BCUT2D eigenvalue weighted by Gasteiger charge is -2.22. The second-order valence-electron chi connectivity index (χ2n) is 7.53. The molecule has 1 aliphatic rings. The highest BCUT2D eigenvalue weighted by atomic mass is 14.8. The predicted octanol–water partition coefficient (Wildman–Crippen LogP) is 5.60. The van der Waals surface area contributed by atoms with Crippen molar-refractivity contribution in [2.45, 2.75) is 67.7 Å². The number of benzene rings is 1. The molecule has 0 spiro atoms. The number of fused-ring (bicyclic) bond motifs is 1. The minimum atomic E-state index is 0. The maximum absolute atomic E-state index is 4.85. The van der Waals surface area contributed by atoms with Crippen LogP contribution >= 0.6 is 0 Å². The SMILES string of the molecule is C.Cc1cc2c(cc1C(C)(C)C)N=C(C(C)(C)C)C2. The number of rotatable bonds is 0. The molecule has 106 valence electrons. The molecule has 0 bridgehead atoms. The van der Waals surface area contributed by atoms with E-state index in [4.69, 9.17) is 4.99 Å². The smallest absolute Gasteiger partial charge is 0.0668 e. The Labute approximate surface area is 119 Å². The van der Waals surface area contributed by atoms with E-state index in [1.165, 1.54) is 28.1 Å². The van der Waals surface area contributed by atoms with Gasteiger partial charge in [-0.1, -0.05) is 55.0 Å². The Morgan fingerprint density at radius 3 is 2.00 bits per heavy atom. The van der Waals surface area contributed by atoms with Crippen molar-refractivity contribution in [2.75, 3.05) is 0 Å². The van der Waals surface area contributed by atoms with E-state index >= 15 is 0 Å². The second kappa shape index (κ2) is 4.77. The molecule has 0 unspecified atom stereocenters. The molecule has 1 aromatic rings. The first-order chi connectivity index (χ1) is 8.09. The van der Waals surface area contributed by atoms with Crippen molar-refractivity contribution in [1.29, 1.82) is 0 Å². The monoisotopic (exact) mass is 259 g/mol. The van der Waals surface area contributed by atoms with Gasteiger partial charge in [0.2, 0.25) is 0 Å². The molecule has 0 N–H and O–H groups in total. The molecule has 0 saturated carbocycles. The average molecular weight is 259 g/mol. The molecule has 0 aromatic heterocycles. The van der Waals surface area contributed by atoms with Gasteiger partial charge in [-0.15, -0.1) is 0 Å². The van der Waals surface area contributed by atoms with Crippen LogP contribution in [0.3, 0.4) is 0 Å². The molecule has 0 aliphatic carbocycles. The summed E-state index contributed by atoms with van der Waals surface area (Å²) in [5.74, 6) is 0. The van der Waals surface area contributed by atoms with Gasteiger partial charge < -0.3 is 0 Å². The number of nitrogens with zero attached hydrogens (tertiary/aromatic N) is 1. The molecule has 1 aromatic carbocycles. The van der Waals surface area contributed by atoms with Crippen molar-refractivity contribution in [3.63, 3.8) is 0 Å². The summed E-state index contributed by atoms with van der Waals surface area (Å²) in [6, 6.07) is 4.63. The van der Waals surface area contributed by atoms with Crippen molar-refractivity contribution in [3.8, 4) is 0 Å². The zero-order valence-electron chi connectivity index (χ0n) is 12.8. The Balaban J connectivity index is 0.00000180. The van der Waals surface area contributed by atoms with Crippen LogP contribution in [-0.2, 0) is 11.8 Å². The van der Waals surface area contributed by atoms with Crippen molar-refractivity contribution in [1.82, 2.24) is 0 Å². The van der Waals surface area contributed by atoms with Crippen LogP contribution in [0.4, 0.5) is 5.69 Å². The van der Waals surface area contributed by atoms with E-state index in [0.29, 0.717) is 0 Å². The molecule has 0 amide bonds. The average Bonchev–Trinajstić information content (AvgIpc) is 2.56. The predicted molar refractivity (Wildman–Crippen MR) is 86.9 cm³/mol. The topological polar surface area (TPSA) is 12.4 Å². The van der Waals surface area contributed by atoms with Gasteiger partial charge in [-0.3, -0.25) is 4.99 Å². The molecule has 19 heavy (non-hydrogen) atoms. The van der Waals surface area contributed by atoms with Crippen LogP contribution in [0.15, 0.2) is 17.1 Å². The zero-order chi connectivity index (χ0) is 13.7. The zero-order valence-corrected chi connectivity index (χ0v) is 12.8. The van der Waals surface area contributed by atoms with Crippen LogP contribution in [0.5, 0.6) is 0 Å². The number of hydrogen-bond acceptors (Lipinski definition) is 1. The van der Waals surface area contributed by atoms with Crippen LogP contribution in [-0.4, -0.2) is 5.71 Å². The molecule has 2 rings (SSSR count). The van der Waals surface area contributed by atoms with Crippen LogP contribution < -0.4 is 0 Å². The van der Waals surface area contributed by atoms with E-state index in [0.717, 1.165) is 6.42 Å². The highest BCUT2D eigenvalue weighted by Gasteiger charge is 2.27. The summed E-state index contributed by atoms with van der Waals surface area (Å²) in [7, 11) is 0. The first kappa shape index (κ1) is 15.9. The maximum Gasteiger partial charge on any atom is 0.0668 e. The lowest BCUT2D eigenvalue weighted by molar-refractivity contribution is 0.584. The third-order valence-electron chi connectivity index (χ3n) is 3.71. The van der Waals surface area contributed by atoms with Crippen LogP contribution in [0.25, 0.3) is 0 Å². The third kappa shape index (κ3) is 3.08. The van der Waals surface area contributed by atoms with Gasteiger partial charge >= 0.3 is 0 Å². The Hall–Kier alpha value is -1.11. The number of aliphatic imine (C=N–C) groups is 1. The summed E-state index contributed by atoms with van der Waals surface area (Å²) in [4.78, 5) is 4.85. The summed E-state index contributed by atoms with van der Waals surface area (Å²) in [6.45, 7) is 15.8. The van der Waals surface area contributed by atoms with E-state index in [-0.39, 0.29) is 18.3 Å². The van der Waals surface area contributed by atoms with E-state index in [2.05, 4.69) is 60.6 Å². The summed E-state index contributed by atoms with van der Waals surface area (Å²) in [5, 5.41) is 0. The van der Waals surface area contributed by atoms with Crippen molar-refractivity contribution in [2.24, 2.45) is 10.4 Å². The highest BCUT2D eigenvalue weighted by Crippen LogP contribution is 2.37. The Kier molecular flexibility index (Phi) is 4.01. The molecular formula is C18H29N. The lowest BCUT2D eigenvalue weighted by Crippen LogP contribution is -2.19. The third-order valence-corrected chi connectivity index (χ3v) is 3.71. The van der Waals surface area contributed by atoms with Gasteiger partial charge in [0.05, 0.1) is 5.69 Å². The van der Waals surface area contributed by atoms with Gasteiger partial charge in [0.15, 0.2) is 0 Å². The van der Waals surface area contributed by atoms with Crippen LogP contribution in [0.2, 0.25) is 0 Å². The minimum Gasteiger partial charge on any atom is -0.257 e. The summed E-state index contributed by atoms with van der Waals surface area (Å²) < 4.78 is 0. The van der Waals surface area contributed by atoms with E-state index in [1.807, 2.05) is 0 Å². The number of hydrogen-bond donors (Lipinski definition) is 0. The van der Waals surface area contributed by atoms with Gasteiger partial charge in [-0.25, -0.2) is 0 Å². The largest absolute Gasteiger partial charge is 0.257 e. The molecule has 1 heteroatoms. The van der Waals surface area contributed by atoms with E-state index in [9.17, 15) is 0 Å². The molecule has 0 saturated heterocycles. The molecule has 0 fully saturated rings. The molecule has 1 nitrogen and oxygen atoms in total. The minimum absolute atomic E-state index is 0. The Morgan fingerprint density at radius 1 is 0.947 bits per heavy atom. The summed E-state index contributed by atoms with van der Waals surface area (Å²) in [6.07, 6.45) is 1.02. The van der Waals surface area contributed by atoms with Gasteiger partial charge in [-0.2, -0.15) is 0 Å². The van der Waals surface area contributed by atoms with Gasteiger partial charge in [-0.05, 0) is 35.1 Å². The quantitative estimate of drug-likeness (QED) is 0.575. The molecule has 1 heterocycles. The maximum atomic E-state index is 4.85. The first-order valence-electron chi connectivity index (χ1n) is 6.81. The van der Waals surface area contributed by atoms with E-state index in [1.54, 1.807) is 0 Å². The van der Waals surface area contributed by atoms with Crippen LogP contribution in [0.1, 0.15) is 65.7 Å².